The SMILES string of the molecule is CC1=[C-]C(C)C=C1C.Cl.Cl.[Ti]. The van der Waals surface area contributed by atoms with Gasteiger partial charge >= 0.3 is 0 Å². The van der Waals surface area contributed by atoms with Crippen LogP contribution in [0, 0.1) is 12.0 Å². The van der Waals surface area contributed by atoms with Gasteiger partial charge in [0.1, 0.15) is 0 Å². The molecule has 1 atom stereocenters. The summed E-state index contributed by atoms with van der Waals surface area (Å²) in [6.45, 7) is 6.39. The van der Waals surface area contributed by atoms with Crippen molar-refractivity contribution in [1.82, 2.24) is 0 Å². The van der Waals surface area contributed by atoms with Gasteiger partial charge in [0, 0.05) is 21.7 Å². The van der Waals surface area contributed by atoms with Crippen LogP contribution in [0.4, 0.5) is 0 Å². The molecule has 0 aromatic carbocycles. The van der Waals surface area contributed by atoms with Gasteiger partial charge in [0.15, 0.2) is 0 Å². The fourth-order valence-electron chi connectivity index (χ4n) is 0.997. The molecule has 11 heavy (non-hydrogen) atoms. The standard InChI is InChI=1S/C8H11.2ClH.Ti/c1-6-4-7(2)8(3)5-6;;;/h4,6H,1-3H3;2*1H;/q-1;;;. The normalized spacial score (nSPS) is 20.1. The van der Waals surface area contributed by atoms with Crippen molar-refractivity contribution < 1.29 is 21.7 Å². The van der Waals surface area contributed by atoms with Crippen LogP contribution < -0.4 is 0 Å². The number of hydrogen-bond acceptors (Lipinski definition) is 0. The van der Waals surface area contributed by atoms with Crippen LogP contribution in [-0.4, -0.2) is 0 Å². The zero-order valence-corrected chi connectivity index (χ0v) is 10.2. The minimum absolute atomic E-state index is 0. The molecule has 0 radical (unpaired) electrons. The second-order valence-electron chi connectivity index (χ2n) is 2.41. The van der Waals surface area contributed by atoms with E-state index in [4.69, 9.17) is 0 Å². The fraction of sp³-hybridized carbons (Fsp3) is 0.500. The topological polar surface area (TPSA) is 0 Å². The van der Waals surface area contributed by atoms with Crippen molar-refractivity contribution in [3.63, 3.8) is 0 Å². The van der Waals surface area contributed by atoms with E-state index in [9.17, 15) is 0 Å². The minimum atomic E-state index is 0. The number of rotatable bonds is 0. The first kappa shape index (κ1) is 17.8. The second kappa shape index (κ2) is 7.42. The van der Waals surface area contributed by atoms with Gasteiger partial charge < -0.3 is 0 Å². The van der Waals surface area contributed by atoms with E-state index in [1.807, 2.05) is 0 Å². The molecule has 1 aliphatic rings. The molecule has 0 bridgehead atoms. The molecule has 0 aromatic rings. The van der Waals surface area contributed by atoms with Crippen molar-refractivity contribution in [2.45, 2.75) is 20.8 Å². The van der Waals surface area contributed by atoms with E-state index in [1.165, 1.54) is 11.1 Å². The van der Waals surface area contributed by atoms with Crippen molar-refractivity contribution in [1.29, 1.82) is 0 Å². The Morgan fingerprint density at radius 2 is 1.73 bits per heavy atom. The van der Waals surface area contributed by atoms with Crippen LogP contribution in [0.15, 0.2) is 17.2 Å². The minimum Gasteiger partial charge on any atom is -0.266 e. The molecule has 1 rings (SSSR count). The summed E-state index contributed by atoms with van der Waals surface area (Å²) in [5.74, 6) is 0.551. The van der Waals surface area contributed by atoms with Gasteiger partial charge in [-0.05, 0) is 0 Å². The zero-order chi connectivity index (χ0) is 6.15. The van der Waals surface area contributed by atoms with E-state index in [0.717, 1.165) is 0 Å². The van der Waals surface area contributed by atoms with Crippen LogP contribution in [0.1, 0.15) is 20.8 Å². The van der Waals surface area contributed by atoms with Gasteiger partial charge in [-0.1, -0.05) is 19.8 Å². The number of halogens is 2. The molecule has 0 nitrogen and oxygen atoms in total. The number of allylic oxidation sites excluding steroid dienone is 4. The molecule has 1 unspecified atom stereocenters. The summed E-state index contributed by atoms with van der Waals surface area (Å²) < 4.78 is 0. The summed E-state index contributed by atoms with van der Waals surface area (Å²) in [6, 6.07) is 0. The van der Waals surface area contributed by atoms with Crippen LogP contribution >= 0.6 is 24.8 Å². The summed E-state index contributed by atoms with van der Waals surface area (Å²) in [7, 11) is 0. The van der Waals surface area contributed by atoms with Crippen LogP contribution in [0.3, 0.4) is 0 Å². The Hall–Kier alpha value is 0.774. The number of hydrogen-bond donors (Lipinski definition) is 0. The molecule has 0 heterocycles. The maximum atomic E-state index is 3.29. The summed E-state index contributed by atoms with van der Waals surface area (Å²) in [6.07, 6.45) is 5.52. The van der Waals surface area contributed by atoms with Gasteiger partial charge in [-0.2, -0.15) is 6.08 Å². The Morgan fingerprint density at radius 1 is 1.27 bits per heavy atom. The first-order chi connectivity index (χ1) is 3.70. The molecular formula is C8H13Cl2Ti-. The van der Waals surface area contributed by atoms with Crippen LogP contribution in [0.5, 0.6) is 0 Å². The van der Waals surface area contributed by atoms with E-state index in [1.54, 1.807) is 0 Å². The molecule has 64 valence electrons. The van der Waals surface area contributed by atoms with Crippen molar-refractivity contribution in [3.8, 4) is 0 Å². The predicted molar refractivity (Wildman–Crippen MR) is 49.8 cm³/mol. The van der Waals surface area contributed by atoms with Gasteiger partial charge in [-0.25, -0.2) is 11.1 Å². The van der Waals surface area contributed by atoms with E-state index in [-0.39, 0.29) is 46.5 Å². The molecule has 0 aromatic heterocycles. The molecular weight excluding hydrogens is 215 g/mol. The quantitative estimate of drug-likeness (QED) is 0.441. The Bertz CT molecular complexity index is 143. The van der Waals surface area contributed by atoms with E-state index < -0.39 is 0 Å². The third-order valence-corrected chi connectivity index (χ3v) is 1.54. The van der Waals surface area contributed by atoms with Gasteiger partial charge in [-0.3, -0.25) is 6.08 Å². The molecule has 0 spiro atoms. The Kier molecular flexibility index (Phi) is 12.0. The average molecular weight is 228 g/mol. The predicted octanol–water partition coefficient (Wildman–Crippen LogP) is 3.17. The largest absolute Gasteiger partial charge is 0.266 e. The first-order valence-corrected chi connectivity index (χ1v) is 2.99. The van der Waals surface area contributed by atoms with Crippen molar-refractivity contribution in [2.75, 3.05) is 0 Å². The fourth-order valence-corrected chi connectivity index (χ4v) is 0.997. The van der Waals surface area contributed by atoms with E-state index in [0.29, 0.717) is 5.92 Å². The van der Waals surface area contributed by atoms with Gasteiger partial charge in [-0.15, -0.1) is 31.7 Å². The molecule has 3 heteroatoms. The van der Waals surface area contributed by atoms with Crippen LogP contribution in [-0.2, 0) is 21.7 Å². The smallest absolute Gasteiger partial charge is 0 e. The maximum Gasteiger partial charge on any atom is 0 e. The van der Waals surface area contributed by atoms with Crippen LogP contribution in [0.25, 0.3) is 0 Å². The molecule has 0 saturated carbocycles. The molecule has 0 amide bonds. The van der Waals surface area contributed by atoms with Crippen LogP contribution in [0.2, 0.25) is 0 Å². The summed E-state index contributed by atoms with van der Waals surface area (Å²) in [5, 5.41) is 0. The Balaban J connectivity index is -0.000000213. The van der Waals surface area contributed by atoms with Crippen molar-refractivity contribution in [2.24, 2.45) is 5.92 Å². The average Bonchev–Trinajstić information content (AvgIpc) is 1.85. The summed E-state index contributed by atoms with van der Waals surface area (Å²) in [4.78, 5) is 0. The summed E-state index contributed by atoms with van der Waals surface area (Å²) >= 11 is 0. The molecule has 0 aliphatic heterocycles. The Morgan fingerprint density at radius 3 is 1.82 bits per heavy atom. The zero-order valence-electron chi connectivity index (χ0n) is 6.97. The van der Waals surface area contributed by atoms with Crippen molar-refractivity contribution in [3.05, 3.63) is 23.3 Å². The van der Waals surface area contributed by atoms with Gasteiger partial charge in [0.2, 0.25) is 0 Å². The van der Waals surface area contributed by atoms with Gasteiger partial charge in [0.25, 0.3) is 0 Å². The van der Waals surface area contributed by atoms with Gasteiger partial charge in [0.05, 0.1) is 0 Å². The van der Waals surface area contributed by atoms with E-state index in [2.05, 4.69) is 32.9 Å². The maximum absolute atomic E-state index is 3.29. The monoisotopic (exact) mass is 227 g/mol. The second-order valence-corrected chi connectivity index (χ2v) is 2.41. The molecule has 0 fully saturated rings. The third-order valence-electron chi connectivity index (χ3n) is 1.54. The molecule has 1 aliphatic carbocycles. The van der Waals surface area contributed by atoms with Crippen molar-refractivity contribution >= 4 is 24.8 Å². The summed E-state index contributed by atoms with van der Waals surface area (Å²) in [5.41, 5.74) is 2.70. The molecule has 0 N–H and O–H groups in total. The molecule has 0 saturated heterocycles. The third kappa shape index (κ3) is 5.08. The first-order valence-electron chi connectivity index (χ1n) is 2.99. The van der Waals surface area contributed by atoms with E-state index >= 15 is 0 Å². The Labute approximate surface area is 96.2 Å².